The Bertz CT molecular complexity index is 655. The van der Waals surface area contributed by atoms with Gasteiger partial charge in [0.05, 0.1) is 0 Å². The molecule has 0 unspecified atom stereocenters. The molecule has 0 saturated carbocycles. The second-order valence-corrected chi connectivity index (χ2v) is 6.36. The fourth-order valence-electron chi connectivity index (χ4n) is 1.97. The molecule has 2 N–H and O–H groups in total. The summed E-state index contributed by atoms with van der Waals surface area (Å²) in [5.41, 5.74) is 6.05. The Morgan fingerprint density at radius 1 is 1.32 bits per heavy atom. The summed E-state index contributed by atoms with van der Waals surface area (Å²) in [6.07, 6.45) is 0.753. The maximum Gasteiger partial charge on any atom is 0.217 e. The Kier molecular flexibility index (Phi) is 6.11. The van der Waals surface area contributed by atoms with Crippen molar-refractivity contribution in [3.63, 3.8) is 0 Å². The van der Waals surface area contributed by atoms with Crippen molar-refractivity contribution in [1.29, 1.82) is 0 Å². The van der Waals surface area contributed by atoms with Gasteiger partial charge in [0.2, 0.25) is 5.91 Å². The fourth-order valence-corrected chi connectivity index (χ4v) is 3.73. The average molecular weight is 359 g/mol. The summed E-state index contributed by atoms with van der Waals surface area (Å²) in [5, 5.41) is 10.4. The highest BCUT2D eigenvalue weighted by atomic mass is 35.5. The molecule has 0 aliphatic carbocycles. The molecule has 0 saturated heterocycles. The number of nitrogens with two attached hydrogens (primary N) is 1. The van der Waals surface area contributed by atoms with Crippen molar-refractivity contribution in [2.75, 3.05) is 0 Å². The third-order valence-corrected chi connectivity index (χ3v) is 4.81. The van der Waals surface area contributed by atoms with E-state index in [0.29, 0.717) is 22.2 Å². The lowest BCUT2D eigenvalue weighted by Crippen LogP contribution is -2.13. The molecular formula is C14H16Cl2N4OS. The summed E-state index contributed by atoms with van der Waals surface area (Å²) in [4.78, 5) is 10.9. The summed E-state index contributed by atoms with van der Waals surface area (Å²) in [6, 6.07) is 5.44. The van der Waals surface area contributed by atoms with Gasteiger partial charge in [0.15, 0.2) is 5.16 Å². The van der Waals surface area contributed by atoms with Gasteiger partial charge in [0.25, 0.3) is 0 Å². The van der Waals surface area contributed by atoms with Crippen LogP contribution in [-0.4, -0.2) is 20.7 Å². The molecule has 8 heteroatoms. The Morgan fingerprint density at radius 3 is 2.59 bits per heavy atom. The van der Waals surface area contributed by atoms with Gasteiger partial charge in [-0.05, 0) is 24.6 Å². The maximum atomic E-state index is 10.9. The van der Waals surface area contributed by atoms with Crippen LogP contribution in [0.2, 0.25) is 10.0 Å². The van der Waals surface area contributed by atoms with Crippen LogP contribution >= 0.6 is 35.0 Å². The van der Waals surface area contributed by atoms with Gasteiger partial charge in [-0.15, -0.1) is 10.2 Å². The van der Waals surface area contributed by atoms with E-state index in [2.05, 4.69) is 10.2 Å². The molecule has 5 nitrogen and oxygen atoms in total. The highest BCUT2D eigenvalue weighted by molar-refractivity contribution is 7.98. The number of carbonyl (C=O) groups excluding carboxylic acids is 1. The van der Waals surface area contributed by atoms with Gasteiger partial charge in [-0.25, -0.2) is 0 Å². The number of hydrogen-bond donors (Lipinski definition) is 1. The van der Waals surface area contributed by atoms with E-state index in [0.717, 1.165) is 23.1 Å². The van der Waals surface area contributed by atoms with Crippen molar-refractivity contribution in [3.8, 4) is 0 Å². The molecule has 2 rings (SSSR count). The number of thioether (sulfide) groups is 1. The lowest BCUT2D eigenvalue weighted by molar-refractivity contribution is -0.118. The smallest absolute Gasteiger partial charge is 0.217 e. The van der Waals surface area contributed by atoms with Gasteiger partial charge in [-0.2, -0.15) is 0 Å². The molecule has 0 radical (unpaired) electrons. The number of primary amides is 1. The zero-order valence-corrected chi connectivity index (χ0v) is 14.4. The van der Waals surface area contributed by atoms with Crippen molar-refractivity contribution in [2.45, 2.75) is 37.2 Å². The van der Waals surface area contributed by atoms with E-state index >= 15 is 0 Å². The monoisotopic (exact) mass is 358 g/mol. The first-order valence-corrected chi connectivity index (χ1v) is 8.53. The molecule has 2 aromatic rings. The van der Waals surface area contributed by atoms with Crippen LogP contribution in [0.15, 0.2) is 23.4 Å². The van der Waals surface area contributed by atoms with Crippen molar-refractivity contribution in [1.82, 2.24) is 14.8 Å². The van der Waals surface area contributed by atoms with Crippen molar-refractivity contribution in [3.05, 3.63) is 39.6 Å². The zero-order valence-electron chi connectivity index (χ0n) is 12.1. The van der Waals surface area contributed by atoms with Crippen LogP contribution in [0.25, 0.3) is 0 Å². The highest BCUT2D eigenvalue weighted by Gasteiger charge is 2.14. The SMILES string of the molecule is CCn1c(CCC(N)=O)nnc1SCc1c(Cl)cccc1Cl. The molecule has 0 spiro atoms. The van der Waals surface area contributed by atoms with Crippen molar-refractivity contribution >= 4 is 40.9 Å². The van der Waals surface area contributed by atoms with Gasteiger partial charge in [0, 0.05) is 35.2 Å². The highest BCUT2D eigenvalue weighted by Crippen LogP contribution is 2.31. The summed E-state index contributed by atoms with van der Waals surface area (Å²) >= 11 is 13.8. The predicted octanol–water partition coefficient (Wildman–Crippen LogP) is 3.32. The molecule has 1 heterocycles. The lowest BCUT2D eigenvalue weighted by Gasteiger charge is -2.08. The Labute approximate surface area is 143 Å². The number of nitrogens with zero attached hydrogens (tertiary/aromatic N) is 3. The second kappa shape index (κ2) is 7.85. The van der Waals surface area contributed by atoms with Crippen LogP contribution in [0, 0.1) is 0 Å². The number of benzene rings is 1. The van der Waals surface area contributed by atoms with Gasteiger partial charge in [-0.3, -0.25) is 4.79 Å². The lowest BCUT2D eigenvalue weighted by atomic mass is 10.2. The van der Waals surface area contributed by atoms with E-state index in [9.17, 15) is 4.79 Å². The third kappa shape index (κ3) is 4.15. The largest absolute Gasteiger partial charge is 0.370 e. The molecule has 0 atom stereocenters. The predicted molar refractivity (Wildman–Crippen MR) is 89.2 cm³/mol. The van der Waals surface area contributed by atoms with Crippen molar-refractivity contribution < 1.29 is 4.79 Å². The maximum absolute atomic E-state index is 10.9. The minimum atomic E-state index is -0.345. The summed E-state index contributed by atoms with van der Waals surface area (Å²) in [5.74, 6) is 1.02. The van der Waals surface area contributed by atoms with Crippen molar-refractivity contribution in [2.24, 2.45) is 5.73 Å². The Hall–Kier alpha value is -1.24. The number of rotatable bonds is 7. The van der Waals surface area contributed by atoms with E-state index in [1.165, 1.54) is 11.8 Å². The van der Waals surface area contributed by atoms with Crippen LogP contribution in [-0.2, 0) is 23.5 Å². The molecule has 0 bridgehead atoms. The van der Waals surface area contributed by atoms with Gasteiger partial charge >= 0.3 is 0 Å². The molecular weight excluding hydrogens is 343 g/mol. The van der Waals surface area contributed by atoms with Gasteiger partial charge in [0.1, 0.15) is 5.82 Å². The standard InChI is InChI=1S/C14H16Cl2N4OS/c1-2-20-13(7-6-12(17)21)18-19-14(20)22-8-9-10(15)4-3-5-11(9)16/h3-5H,2,6-8H2,1H3,(H2,17,21). The summed E-state index contributed by atoms with van der Waals surface area (Å²) < 4.78 is 1.97. The fraction of sp³-hybridized carbons (Fsp3) is 0.357. The number of hydrogen-bond acceptors (Lipinski definition) is 4. The number of carbonyl (C=O) groups is 1. The van der Waals surface area contributed by atoms with Gasteiger partial charge < -0.3 is 10.3 Å². The topological polar surface area (TPSA) is 73.8 Å². The number of aromatic nitrogens is 3. The molecule has 118 valence electrons. The average Bonchev–Trinajstić information content (AvgIpc) is 2.86. The number of amides is 1. The van der Waals surface area contributed by atoms with Crippen LogP contribution in [0.3, 0.4) is 0 Å². The minimum Gasteiger partial charge on any atom is -0.370 e. The molecule has 0 fully saturated rings. The number of halogens is 2. The van der Waals surface area contributed by atoms with E-state index in [-0.39, 0.29) is 12.3 Å². The normalized spacial score (nSPS) is 10.9. The van der Waals surface area contributed by atoms with E-state index in [4.69, 9.17) is 28.9 Å². The first-order chi connectivity index (χ1) is 10.5. The van der Waals surface area contributed by atoms with E-state index in [1.807, 2.05) is 29.7 Å². The molecule has 1 amide bonds. The quantitative estimate of drug-likeness (QED) is 0.770. The second-order valence-electron chi connectivity index (χ2n) is 4.60. The first kappa shape index (κ1) is 17.1. The zero-order chi connectivity index (χ0) is 16.1. The molecule has 22 heavy (non-hydrogen) atoms. The third-order valence-electron chi connectivity index (χ3n) is 3.11. The minimum absolute atomic E-state index is 0.263. The van der Waals surface area contributed by atoms with Crippen LogP contribution in [0.1, 0.15) is 24.7 Å². The molecule has 0 aliphatic rings. The summed E-state index contributed by atoms with van der Waals surface area (Å²) in [6.45, 7) is 2.73. The molecule has 1 aromatic heterocycles. The Balaban J connectivity index is 2.11. The molecule has 0 aliphatic heterocycles. The van der Waals surface area contributed by atoms with Crippen LogP contribution in [0.4, 0.5) is 0 Å². The summed E-state index contributed by atoms with van der Waals surface area (Å²) in [7, 11) is 0. The first-order valence-electron chi connectivity index (χ1n) is 6.79. The molecule has 1 aromatic carbocycles. The Morgan fingerprint density at radius 2 is 2.00 bits per heavy atom. The van der Waals surface area contributed by atoms with E-state index in [1.54, 1.807) is 0 Å². The van der Waals surface area contributed by atoms with Crippen LogP contribution in [0.5, 0.6) is 0 Å². The van der Waals surface area contributed by atoms with Gasteiger partial charge in [-0.1, -0.05) is 41.0 Å². The van der Waals surface area contributed by atoms with E-state index < -0.39 is 0 Å². The van der Waals surface area contributed by atoms with Crippen LogP contribution < -0.4 is 5.73 Å². The number of aryl methyl sites for hydroxylation is 1.